The van der Waals surface area contributed by atoms with Gasteiger partial charge in [-0.1, -0.05) is 27.7 Å². The van der Waals surface area contributed by atoms with Crippen LogP contribution in [0.4, 0.5) is 0 Å². The molecule has 0 saturated heterocycles. The summed E-state index contributed by atoms with van der Waals surface area (Å²) >= 11 is 2.08. The van der Waals surface area contributed by atoms with Gasteiger partial charge in [-0.05, 0) is 55.7 Å². The first-order valence-electron chi connectivity index (χ1n) is 8.38. The zero-order valence-corrected chi connectivity index (χ0v) is 14.8. The third-order valence-corrected chi connectivity index (χ3v) is 6.09. The van der Waals surface area contributed by atoms with E-state index in [0.717, 1.165) is 24.0 Å². The predicted molar refractivity (Wildman–Crippen MR) is 92.7 cm³/mol. The molecule has 1 heterocycles. The number of nitrogens with one attached hydrogen (secondary N) is 1. The molecule has 21 heavy (non-hydrogen) atoms. The molecule has 0 spiro atoms. The largest absolute Gasteiger partial charge is 0.468 e. The van der Waals surface area contributed by atoms with Crippen LogP contribution < -0.4 is 5.32 Å². The van der Waals surface area contributed by atoms with Crippen molar-refractivity contribution in [1.29, 1.82) is 0 Å². The molecule has 1 N–H and O–H groups in total. The van der Waals surface area contributed by atoms with Crippen molar-refractivity contribution < 1.29 is 4.42 Å². The van der Waals surface area contributed by atoms with Gasteiger partial charge in [0.05, 0.1) is 12.0 Å². The molecule has 3 atom stereocenters. The Bertz CT molecular complexity index is 396. The highest BCUT2D eigenvalue weighted by molar-refractivity contribution is 7.99. The lowest BCUT2D eigenvalue weighted by molar-refractivity contribution is 0.165. The monoisotopic (exact) mass is 309 g/mol. The maximum atomic E-state index is 5.49. The van der Waals surface area contributed by atoms with E-state index in [1.54, 1.807) is 6.26 Å². The molecule has 0 amide bonds. The van der Waals surface area contributed by atoms with Gasteiger partial charge in [0.25, 0.3) is 0 Å². The van der Waals surface area contributed by atoms with Crippen molar-refractivity contribution in [3.05, 3.63) is 24.2 Å². The van der Waals surface area contributed by atoms with Gasteiger partial charge < -0.3 is 9.73 Å². The molecular formula is C18H31NOS. The maximum absolute atomic E-state index is 5.49. The van der Waals surface area contributed by atoms with Gasteiger partial charge in [-0.2, -0.15) is 0 Å². The Morgan fingerprint density at radius 2 is 2.14 bits per heavy atom. The van der Waals surface area contributed by atoms with Gasteiger partial charge in [0.1, 0.15) is 5.76 Å². The van der Waals surface area contributed by atoms with Gasteiger partial charge >= 0.3 is 0 Å². The summed E-state index contributed by atoms with van der Waals surface area (Å²) in [7, 11) is 0. The van der Waals surface area contributed by atoms with Crippen LogP contribution in [-0.2, 0) is 5.75 Å². The van der Waals surface area contributed by atoms with Crippen molar-refractivity contribution in [3.63, 3.8) is 0 Å². The minimum Gasteiger partial charge on any atom is -0.468 e. The molecule has 1 aliphatic carbocycles. The highest BCUT2D eigenvalue weighted by atomic mass is 32.2. The maximum Gasteiger partial charge on any atom is 0.113 e. The number of hydrogen-bond donors (Lipinski definition) is 1. The second-order valence-corrected chi connectivity index (χ2v) is 8.59. The fourth-order valence-corrected chi connectivity index (χ4v) is 4.62. The summed E-state index contributed by atoms with van der Waals surface area (Å²) in [5.74, 6) is 2.94. The first-order valence-corrected chi connectivity index (χ1v) is 9.43. The van der Waals surface area contributed by atoms with Crippen LogP contribution in [0.25, 0.3) is 0 Å². The van der Waals surface area contributed by atoms with Crippen LogP contribution in [-0.4, -0.2) is 17.8 Å². The molecule has 3 heteroatoms. The van der Waals surface area contributed by atoms with Gasteiger partial charge in [-0.25, -0.2) is 0 Å². The third-order valence-electron chi connectivity index (χ3n) is 4.69. The van der Waals surface area contributed by atoms with Crippen molar-refractivity contribution in [2.75, 3.05) is 6.54 Å². The summed E-state index contributed by atoms with van der Waals surface area (Å²) in [5, 5.41) is 4.48. The number of rotatable bonds is 6. The third kappa shape index (κ3) is 5.07. The summed E-state index contributed by atoms with van der Waals surface area (Å²) in [6.45, 7) is 10.6. The Morgan fingerprint density at radius 1 is 1.33 bits per heavy atom. The summed E-state index contributed by atoms with van der Waals surface area (Å²) in [6, 6.07) is 4.75. The van der Waals surface area contributed by atoms with Crippen molar-refractivity contribution >= 4 is 11.8 Å². The molecule has 1 aromatic rings. The SMILES string of the molecule is CCCNC1CCC(C(C)(C)C)CC1SCc1ccco1. The predicted octanol–water partition coefficient (Wildman–Crippen LogP) is 5.10. The molecular weight excluding hydrogens is 278 g/mol. The Hall–Kier alpha value is -0.410. The van der Waals surface area contributed by atoms with Crippen molar-refractivity contribution in [2.45, 2.75) is 70.4 Å². The zero-order valence-electron chi connectivity index (χ0n) is 14.0. The van der Waals surface area contributed by atoms with E-state index in [1.807, 2.05) is 6.07 Å². The molecule has 0 radical (unpaired) electrons. The van der Waals surface area contributed by atoms with Crippen LogP contribution in [0.3, 0.4) is 0 Å². The van der Waals surface area contributed by atoms with Gasteiger partial charge in [0.2, 0.25) is 0 Å². The van der Waals surface area contributed by atoms with Crippen molar-refractivity contribution in [3.8, 4) is 0 Å². The van der Waals surface area contributed by atoms with E-state index in [0.29, 0.717) is 16.7 Å². The second-order valence-electron chi connectivity index (χ2n) is 7.37. The Morgan fingerprint density at radius 3 is 2.76 bits per heavy atom. The quantitative estimate of drug-likeness (QED) is 0.792. The molecule has 0 bridgehead atoms. The molecule has 2 rings (SSSR count). The highest BCUT2D eigenvalue weighted by Gasteiger charge is 2.35. The van der Waals surface area contributed by atoms with Gasteiger partial charge in [0.15, 0.2) is 0 Å². The molecule has 2 nitrogen and oxygen atoms in total. The van der Waals surface area contributed by atoms with Crippen molar-refractivity contribution in [2.24, 2.45) is 11.3 Å². The number of thioether (sulfide) groups is 1. The first-order chi connectivity index (χ1) is 10.0. The van der Waals surface area contributed by atoms with Crippen LogP contribution in [0.15, 0.2) is 22.8 Å². The average Bonchev–Trinajstić information content (AvgIpc) is 2.95. The highest BCUT2D eigenvalue weighted by Crippen LogP contribution is 2.42. The molecule has 120 valence electrons. The van der Waals surface area contributed by atoms with E-state index >= 15 is 0 Å². The van der Waals surface area contributed by atoms with Gasteiger partial charge in [-0.3, -0.25) is 0 Å². The molecule has 3 unspecified atom stereocenters. The van der Waals surface area contributed by atoms with E-state index in [-0.39, 0.29) is 0 Å². The van der Waals surface area contributed by atoms with Crippen LogP contribution in [0.2, 0.25) is 0 Å². The number of furan rings is 1. The van der Waals surface area contributed by atoms with Crippen LogP contribution in [0.1, 0.15) is 59.1 Å². The fourth-order valence-electron chi connectivity index (χ4n) is 3.25. The molecule has 1 fully saturated rings. The normalized spacial score (nSPS) is 27.0. The molecule has 1 aliphatic rings. The lowest BCUT2D eigenvalue weighted by Crippen LogP contribution is -2.45. The van der Waals surface area contributed by atoms with E-state index in [9.17, 15) is 0 Å². The van der Waals surface area contributed by atoms with Crippen molar-refractivity contribution in [1.82, 2.24) is 5.32 Å². The smallest absolute Gasteiger partial charge is 0.113 e. The van der Waals surface area contributed by atoms with E-state index in [4.69, 9.17) is 4.42 Å². The summed E-state index contributed by atoms with van der Waals surface area (Å²) in [5.41, 5.74) is 0.430. The standard InChI is InChI=1S/C18H31NOS/c1-5-10-19-16-9-8-14(18(2,3)4)12-17(16)21-13-15-7-6-11-20-15/h6-7,11,14,16-17,19H,5,8-10,12-13H2,1-4H3. The van der Waals surface area contributed by atoms with E-state index < -0.39 is 0 Å². The lowest BCUT2D eigenvalue weighted by Gasteiger charge is -2.42. The fraction of sp³-hybridized carbons (Fsp3) is 0.778. The summed E-state index contributed by atoms with van der Waals surface area (Å²) in [4.78, 5) is 0. The Kier molecular flexibility index (Phi) is 6.24. The topological polar surface area (TPSA) is 25.2 Å². The molecule has 1 saturated carbocycles. The van der Waals surface area contributed by atoms with Crippen LogP contribution >= 0.6 is 11.8 Å². The van der Waals surface area contributed by atoms with Crippen LogP contribution in [0.5, 0.6) is 0 Å². The molecule has 1 aromatic heterocycles. The Labute approximate surface area is 134 Å². The average molecular weight is 310 g/mol. The summed E-state index contributed by atoms with van der Waals surface area (Å²) in [6.07, 6.45) is 7.01. The second kappa shape index (κ2) is 7.73. The van der Waals surface area contributed by atoms with E-state index in [2.05, 4.69) is 50.8 Å². The minimum atomic E-state index is 0.430. The minimum absolute atomic E-state index is 0.430. The van der Waals surface area contributed by atoms with Gasteiger partial charge in [0, 0.05) is 11.3 Å². The lowest BCUT2D eigenvalue weighted by atomic mass is 9.71. The number of hydrogen-bond acceptors (Lipinski definition) is 3. The molecule has 0 aromatic carbocycles. The first kappa shape index (κ1) is 17.0. The van der Waals surface area contributed by atoms with Crippen LogP contribution in [0, 0.1) is 11.3 Å². The summed E-state index contributed by atoms with van der Waals surface area (Å²) < 4.78 is 5.49. The zero-order chi connectivity index (χ0) is 15.3. The van der Waals surface area contributed by atoms with E-state index in [1.165, 1.54) is 25.7 Å². The Balaban J connectivity index is 1.94. The molecule has 0 aliphatic heterocycles. The van der Waals surface area contributed by atoms with Gasteiger partial charge in [-0.15, -0.1) is 11.8 Å².